The lowest BCUT2D eigenvalue weighted by molar-refractivity contribution is -0.147. The van der Waals surface area contributed by atoms with Crippen LogP contribution in [0.5, 0.6) is 0 Å². The molecule has 1 fully saturated rings. The van der Waals surface area contributed by atoms with Gasteiger partial charge in [-0.2, -0.15) is 0 Å². The second kappa shape index (κ2) is 3.44. The van der Waals surface area contributed by atoms with Crippen LogP contribution in [-0.2, 0) is 9.53 Å². The number of carbonyl (C=O) groups excluding carboxylic acids is 1. The van der Waals surface area contributed by atoms with Gasteiger partial charge >= 0.3 is 5.97 Å². The highest BCUT2D eigenvalue weighted by atomic mass is 16.5. The summed E-state index contributed by atoms with van der Waals surface area (Å²) in [6.07, 6.45) is 2.02. The first-order valence-corrected chi connectivity index (χ1v) is 4.46. The molecule has 0 aromatic rings. The summed E-state index contributed by atoms with van der Waals surface area (Å²) in [5.74, 6) is 0.479. The molecule has 1 saturated heterocycles. The van der Waals surface area contributed by atoms with Crippen LogP contribution in [-0.4, -0.2) is 25.2 Å². The van der Waals surface area contributed by atoms with Crippen molar-refractivity contribution in [2.24, 2.45) is 5.92 Å². The lowest BCUT2D eigenvalue weighted by atomic mass is 9.94. The van der Waals surface area contributed by atoms with Gasteiger partial charge in [0.25, 0.3) is 0 Å². The Morgan fingerprint density at radius 2 is 2.42 bits per heavy atom. The normalized spacial score (nSPS) is 35.1. The molecule has 1 aliphatic rings. The summed E-state index contributed by atoms with van der Waals surface area (Å²) in [5, 5.41) is 3.21. The summed E-state index contributed by atoms with van der Waals surface area (Å²) < 4.78 is 4.73. The van der Waals surface area contributed by atoms with E-state index in [-0.39, 0.29) is 5.97 Å². The van der Waals surface area contributed by atoms with Crippen molar-refractivity contribution in [1.82, 2.24) is 5.32 Å². The first kappa shape index (κ1) is 9.52. The lowest BCUT2D eigenvalue weighted by Gasteiger charge is -2.20. The summed E-state index contributed by atoms with van der Waals surface area (Å²) in [4.78, 5) is 11.3. The molecule has 2 atom stereocenters. The summed E-state index contributed by atoms with van der Waals surface area (Å²) in [6.45, 7) is 4.99. The van der Waals surface area contributed by atoms with Crippen molar-refractivity contribution in [2.75, 3.05) is 13.7 Å². The highest BCUT2D eigenvalue weighted by Gasteiger charge is 2.40. The molecule has 70 valence electrons. The second-order valence-corrected chi connectivity index (χ2v) is 3.68. The molecule has 12 heavy (non-hydrogen) atoms. The van der Waals surface area contributed by atoms with Crippen molar-refractivity contribution in [3.8, 4) is 0 Å². The number of hydrogen-bond acceptors (Lipinski definition) is 3. The Balaban J connectivity index is 2.57. The molecule has 0 aromatic heterocycles. The smallest absolute Gasteiger partial charge is 0.325 e. The highest BCUT2D eigenvalue weighted by molar-refractivity contribution is 5.80. The molecule has 0 spiro atoms. The molecule has 1 N–H and O–H groups in total. The van der Waals surface area contributed by atoms with E-state index < -0.39 is 5.54 Å². The highest BCUT2D eigenvalue weighted by Crippen LogP contribution is 2.26. The first-order valence-electron chi connectivity index (χ1n) is 4.46. The zero-order chi connectivity index (χ0) is 9.19. The Kier molecular flexibility index (Phi) is 2.73. The Labute approximate surface area is 73.5 Å². The van der Waals surface area contributed by atoms with E-state index in [0.717, 1.165) is 19.4 Å². The van der Waals surface area contributed by atoms with Crippen LogP contribution in [0.3, 0.4) is 0 Å². The number of carbonyl (C=O) groups is 1. The Morgan fingerprint density at radius 3 is 2.83 bits per heavy atom. The van der Waals surface area contributed by atoms with Crippen LogP contribution in [0.1, 0.15) is 26.7 Å². The number of rotatable bonds is 2. The average molecular weight is 171 g/mol. The second-order valence-electron chi connectivity index (χ2n) is 3.68. The predicted octanol–water partition coefficient (Wildman–Crippen LogP) is 0.938. The standard InChI is InChI=1S/C9H17NO2/c1-4-7-5-9(2,10-6-7)8(11)12-3/h7,10H,4-6H2,1-3H3. The molecular weight excluding hydrogens is 154 g/mol. The van der Waals surface area contributed by atoms with Gasteiger partial charge in [0.2, 0.25) is 0 Å². The average Bonchev–Trinajstić information content (AvgIpc) is 2.47. The summed E-state index contributed by atoms with van der Waals surface area (Å²) in [7, 11) is 1.44. The van der Waals surface area contributed by atoms with E-state index in [1.807, 2.05) is 6.92 Å². The maximum Gasteiger partial charge on any atom is 0.325 e. The Hall–Kier alpha value is -0.570. The fourth-order valence-corrected chi connectivity index (χ4v) is 1.76. The van der Waals surface area contributed by atoms with E-state index in [4.69, 9.17) is 4.74 Å². The molecule has 0 radical (unpaired) electrons. The largest absolute Gasteiger partial charge is 0.468 e. The number of methoxy groups -OCH3 is 1. The molecule has 2 unspecified atom stereocenters. The van der Waals surface area contributed by atoms with Gasteiger partial charge in [0.05, 0.1) is 7.11 Å². The van der Waals surface area contributed by atoms with Crippen molar-refractivity contribution in [3.63, 3.8) is 0 Å². The van der Waals surface area contributed by atoms with Gasteiger partial charge in [-0.25, -0.2) is 0 Å². The zero-order valence-electron chi connectivity index (χ0n) is 8.02. The SMILES string of the molecule is CCC1CNC(C)(C(=O)OC)C1. The number of esters is 1. The molecule has 0 aliphatic carbocycles. The maximum atomic E-state index is 11.3. The van der Waals surface area contributed by atoms with Gasteiger partial charge < -0.3 is 10.1 Å². The molecule has 1 aliphatic heterocycles. The quantitative estimate of drug-likeness (QED) is 0.628. The predicted molar refractivity (Wildman–Crippen MR) is 46.8 cm³/mol. The van der Waals surface area contributed by atoms with E-state index >= 15 is 0 Å². The van der Waals surface area contributed by atoms with Crippen LogP contribution in [0.2, 0.25) is 0 Å². The van der Waals surface area contributed by atoms with Crippen molar-refractivity contribution in [3.05, 3.63) is 0 Å². The van der Waals surface area contributed by atoms with Gasteiger partial charge in [0.1, 0.15) is 5.54 Å². The monoisotopic (exact) mass is 171 g/mol. The topological polar surface area (TPSA) is 38.3 Å². The van der Waals surface area contributed by atoms with Crippen LogP contribution in [0, 0.1) is 5.92 Å². The minimum absolute atomic E-state index is 0.140. The van der Waals surface area contributed by atoms with Crippen LogP contribution in [0.4, 0.5) is 0 Å². The molecule has 1 heterocycles. The molecule has 3 nitrogen and oxygen atoms in total. The molecular formula is C9H17NO2. The van der Waals surface area contributed by atoms with Crippen LogP contribution >= 0.6 is 0 Å². The molecule has 1 rings (SSSR count). The fraction of sp³-hybridized carbons (Fsp3) is 0.889. The van der Waals surface area contributed by atoms with Gasteiger partial charge in [0, 0.05) is 0 Å². The third kappa shape index (κ3) is 1.61. The van der Waals surface area contributed by atoms with Crippen LogP contribution in [0.25, 0.3) is 0 Å². The van der Waals surface area contributed by atoms with E-state index in [9.17, 15) is 4.79 Å². The molecule has 0 bridgehead atoms. The zero-order valence-corrected chi connectivity index (χ0v) is 8.02. The summed E-state index contributed by atoms with van der Waals surface area (Å²) in [6, 6.07) is 0. The fourth-order valence-electron chi connectivity index (χ4n) is 1.76. The van der Waals surface area contributed by atoms with Crippen LogP contribution < -0.4 is 5.32 Å². The van der Waals surface area contributed by atoms with E-state index in [0.29, 0.717) is 5.92 Å². The molecule has 3 heteroatoms. The van der Waals surface area contributed by atoms with Gasteiger partial charge in [-0.15, -0.1) is 0 Å². The molecule has 0 saturated carbocycles. The van der Waals surface area contributed by atoms with Crippen molar-refractivity contribution in [1.29, 1.82) is 0 Å². The number of ether oxygens (including phenoxy) is 1. The van der Waals surface area contributed by atoms with Crippen molar-refractivity contribution < 1.29 is 9.53 Å². The van der Waals surface area contributed by atoms with Crippen molar-refractivity contribution >= 4 is 5.97 Å². The Bertz CT molecular complexity index is 181. The van der Waals surface area contributed by atoms with Gasteiger partial charge in [-0.3, -0.25) is 4.79 Å². The minimum Gasteiger partial charge on any atom is -0.468 e. The molecule has 0 amide bonds. The first-order chi connectivity index (χ1) is 5.62. The third-order valence-electron chi connectivity index (χ3n) is 2.69. The van der Waals surface area contributed by atoms with Crippen molar-refractivity contribution in [2.45, 2.75) is 32.2 Å². The lowest BCUT2D eigenvalue weighted by Crippen LogP contribution is -2.45. The third-order valence-corrected chi connectivity index (χ3v) is 2.69. The van der Waals surface area contributed by atoms with E-state index in [2.05, 4.69) is 12.2 Å². The van der Waals surface area contributed by atoms with Gasteiger partial charge in [-0.1, -0.05) is 13.3 Å². The van der Waals surface area contributed by atoms with E-state index in [1.165, 1.54) is 7.11 Å². The van der Waals surface area contributed by atoms with Gasteiger partial charge in [0.15, 0.2) is 0 Å². The van der Waals surface area contributed by atoms with E-state index in [1.54, 1.807) is 0 Å². The number of nitrogens with one attached hydrogen (secondary N) is 1. The van der Waals surface area contributed by atoms with Gasteiger partial charge in [-0.05, 0) is 25.8 Å². The van der Waals surface area contributed by atoms with Crippen LogP contribution in [0.15, 0.2) is 0 Å². The minimum atomic E-state index is -0.435. The summed E-state index contributed by atoms with van der Waals surface area (Å²) >= 11 is 0. The maximum absolute atomic E-state index is 11.3. The molecule has 0 aromatic carbocycles. The number of hydrogen-bond donors (Lipinski definition) is 1. The Morgan fingerprint density at radius 1 is 1.75 bits per heavy atom. The summed E-state index contributed by atoms with van der Waals surface area (Å²) in [5.41, 5.74) is -0.435.